The van der Waals surface area contributed by atoms with E-state index in [1.54, 1.807) is 24.3 Å². The van der Waals surface area contributed by atoms with Crippen LogP contribution < -0.4 is 5.73 Å². The molecule has 2 N–H and O–H groups in total. The highest BCUT2D eigenvalue weighted by Gasteiger charge is 2.49. The van der Waals surface area contributed by atoms with Crippen LogP contribution in [0, 0.1) is 5.92 Å². The van der Waals surface area contributed by atoms with Gasteiger partial charge >= 0.3 is 0 Å². The molecule has 0 bridgehead atoms. The van der Waals surface area contributed by atoms with Crippen LogP contribution in [0.4, 0.5) is 0 Å². The Labute approximate surface area is 261 Å². The van der Waals surface area contributed by atoms with Gasteiger partial charge in [0.25, 0.3) is 11.8 Å². The molecule has 3 amide bonds. The van der Waals surface area contributed by atoms with Gasteiger partial charge in [-0.15, -0.1) is 0 Å². The molecule has 3 aromatic rings. The zero-order valence-corrected chi connectivity index (χ0v) is 26.3. The van der Waals surface area contributed by atoms with Crippen molar-refractivity contribution in [2.75, 3.05) is 73.5 Å². The van der Waals surface area contributed by atoms with Gasteiger partial charge in [-0.25, -0.2) is 0 Å². The minimum Gasteiger partial charge on any atom is -0.369 e. The lowest BCUT2D eigenvalue weighted by Gasteiger charge is -2.37. The van der Waals surface area contributed by atoms with Crippen LogP contribution in [0.5, 0.6) is 0 Å². The molecule has 1 fully saturated rings. The standard InChI is InChI=1S/C36H45N5O3/c1-38(24-26-41(2,3)25-12-20-40-33(42)31-17-10-11-18-32(31)34(40)43)22-23-39-21-19-30(27-39)36(35(37)44,28-13-6-4-7-14-28)29-15-8-5-9-16-29/h4-11,13-18,30H,12,19-27H2,1-3H3,(H-,37,44)/p+1. The number of rotatable bonds is 14. The number of likely N-dealkylation sites (tertiary alicyclic amines) is 1. The highest BCUT2D eigenvalue weighted by molar-refractivity contribution is 6.21. The van der Waals surface area contributed by atoms with Crippen molar-refractivity contribution >= 4 is 17.7 Å². The van der Waals surface area contributed by atoms with E-state index in [9.17, 15) is 14.4 Å². The summed E-state index contributed by atoms with van der Waals surface area (Å²) >= 11 is 0. The van der Waals surface area contributed by atoms with Crippen molar-refractivity contribution in [2.45, 2.75) is 18.3 Å². The van der Waals surface area contributed by atoms with Gasteiger partial charge in [0, 0.05) is 39.1 Å². The Kier molecular flexibility index (Phi) is 9.63. The Balaban J connectivity index is 1.11. The maximum Gasteiger partial charge on any atom is 0.261 e. The molecule has 44 heavy (non-hydrogen) atoms. The van der Waals surface area contributed by atoms with Gasteiger partial charge in [-0.3, -0.25) is 24.2 Å². The van der Waals surface area contributed by atoms with Crippen molar-refractivity contribution in [2.24, 2.45) is 11.7 Å². The zero-order valence-electron chi connectivity index (χ0n) is 26.3. The van der Waals surface area contributed by atoms with E-state index in [-0.39, 0.29) is 23.6 Å². The highest BCUT2D eigenvalue weighted by atomic mass is 16.2. The Morgan fingerprint density at radius 1 is 0.841 bits per heavy atom. The average molecular weight is 597 g/mol. The Morgan fingerprint density at radius 2 is 1.39 bits per heavy atom. The average Bonchev–Trinajstić information content (AvgIpc) is 3.59. The van der Waals surface area contributed by atoms with Gasteiger partial charge in [0.1, 0.15) is 5.41 Å². The molecule has 3 aromatic carbocycles. The smallest absolute Gasteiger partial charge is 0.261 e. The number of likely N-dealkylation sites (N-methyl/N-ethyl adjacent to an activating group) is 2. The third-order valence-corrected chi connectivity index (χ3v) is 9.64. The summed E-state index contributed by atoms with van der Waals surface area (Å²) in [5, 5.41) is 0. The fourth-order valence-corrected chi connectivity index (χ4v) is 6.99. The summed E-state index contributed by atoms with van der Waals surface area (Å²) in [5.41, 5.74) is 8.35. The van der Waals surface area contributed by atoms with Crippen LogP contribution in [0.2, 0.25) is 0 Å². The van der Waals surface area contributed by atoms with Crippen molar-refractivity contribution in [3.05, 3.63) is 107 Å². The highest BCUT2D eigenvalue weighted by Crippen LogP contribution is 2.43. The van der Waals surface area contributed by atoms with Crippen molar-refractivity contribution in [1.82, 2.24) is 14.7 Å². The monoisotopic (exact) mass is 596 g/mol. The minimum absolute atomic E-state index is 0.0906. The summed E-state index contributed by atoms with van der Waals surface area (Å²) in [7, 11) is 6.57. The molecule has 2 aliphatic rings. The van der Waals surface area contributed by atoms with Crippen molar-refractivity contribution in [1.29, 1.82) is 0 Å². The number of imide groups is 1. The maximum atomic E-state index is 13.4. The molecule has 5 rings (SSSR count). The molecule has 232 valence electrons. The van der Waals surface area contributed by atoms with Crippen LogP contribution >= 0.6 is 0 Å². The second-order valence-corrected chi connectivity index (χ2v) is 13.0. The summed E-state index contributed by atoms with van der Waals surface area (Å²) in [6, 6.07) is 27.1. The lowest BCUT2D eigenvalue weighted by Crippen LogP contribution is -2.49. The fourth-order valence-electron chi connectivity index (χ4n) is 6.99. The van der Waals surface area contributed by atoms with Crippen molar-refractivity contribution in [3.63, 3.8) is 0 Å². The Bertz CT molecular complexity index is 1380. The van der Waals surface area contributed by atoms with Gasteiger partial charge < -0.3 is 15.1 Å². The number of hydrogen-bond donors (Lipinski definition) is 1. The van der Waals surface area contributed by atoms with Gasteiger partial charge in [0.15, 0.2) is 0 Å². The van der Waals surface area contributed by atoms with Gasteiger partial charge in [-0.05, 0) is 49.2 Å². The van der Waals surface area contributed by atoms with E-state index in [4.69, 9.17) is 5.73 Å². The summed E-state index contributed by atoms with van der Waals surface area (Å²) in [5.74, 6) is -0.560. The first kappa shape index (κ1) is 31.6. The molecule has 8 heteroatoms. The topological polar surface area (TPSA) is 86.9 Å². The van der Waals surface area contributed by atoms with Crippen LogP contribution in [0.3, 0.4) is 0 Å². The largest absolute Gasteiger partial charge is 0.369 e. The van der Waals surface area contributed by atoms with E-state index in [0.29, 0.717) is 17.7 Å². The van der Waals surface area contributed by atoms with Gasteiger partial charge in [-0.1, -0.05) is 72.8 Å². The molecule has 8 nitrogen and oxygen atoms in total. The number of nitrogens with zero attached hydrogens (tertiary/aromatic N) is 4. The zero-order chi connectivity index (χ0) is 31.3. The number of carbonyl (C=O) groups is 3. The summed E-state index contributed by atoms with van der Waals surface area (Å²) in [6.45, 7) is 6.85. The van der Waals surface area contributed by atoms with Crippen LogP contribution in [0.1, 0.15) is 44.7 Å². The normalized spacial score (nSPS) is 17.5. The number of benzene rings is 3. The van der Waals surface area contributed by atoms with Crippen LogP contribution in [0.25, 0.3) is 0 Å². The first-order valence-corrected chi connectivity index (χ1v) is 15.7. The molecular weight excluding hydrogens is 550 g/mol. The summed E-state index contributed by atoms with van der Waals surface area (Å²) in [4.78, 5) is 44.9. The number of primary amides is 1. The number of amides is 3. The molecule has 0 saturated carbocycles. The first-order chi connectivity index (χ1) is 21.1. The second kappa shape index (κ2) is 13.4. The first-order valence-electron chi connectivity index (χ1n) is 15.7. The van der Waals surface area contributed by atoms with Crippen molar-refractivity contribution < 1.29 is 18.9 Å². The van der Waals surface area contributed by atoms with Crippen LogP contribution in [-0.4, -0.2) is 110 Å². The second-order valence-electron chi connectivity index (χ2n) is 13.0. The lowest BCUT2D eigenvalue weighted by molar-refractivity contribution is -0.889. The molecule has 0 aromatic heterocycles. The minimum atomic E-state index is -0.863. The summed E-state index contributed by atoms with van der Waals surface area (Å²) < 4.78 is 0.814. The molecule has 0 radical (unpaired) electrons. The van der Waals surface area contributed by atoms with E-state index in [2.05, 4.69) is 30.9 Å². The van der Waals surface area contributed by atoms with E-state index in [0.717, 1.165) is 74.3 Å². The van der Waals surface area contributed by atoms with E-state index < -0.39 is 5.41 Å². The number of quaternary nitrogens is 1. The van der Waals surface area contributed by atoms with Crippen LogP contribution in [-0.2, 0) is 10.2 Å². The number of nitrogens with two attached hydrogens (primary N) is 1. The summed E-state index contributed by atoms with van der Waals surface area (Å²) in [6.07, 6.45) is 1.68. The predicted octanol–water partition coefficient (Wildman–Crippen LogP) is 3.47. The number of hydrogen-bond acceptors (Lipinski definition) is 5. The molecule has 1 saturated heterocycles. The van der Waals surface area contributed by atoms with Crippen LogP contribution in [0.15, 0.2) is 84.9 Å². The third kappa shape index (κ3) is 6.48. The predicted molar refractivity (Wildman–Crippen MR) is 173 cm³/mol. The van der Waals surface area contributed by atoms with Crippen molar-refractivity contribution in [3.8, 4) is 0 Å². The fraction of sp³-hybridized carbons (Fsp3) is 0.417. The van der Waals surface area contributed by atoms with Gasteiger partial charge in [0.2, 0.25) is 5.91 Å². The maximum absolute atomic E-state index is 13.4. The van der Waals surface area contributed by atoms with Gasteiger partial charge in [-0.2, -0.15) is 0 Å². The third-order valence-electron chi connectivity index (χ3n) is 9.64. The molecular formula is C36H46N5O3+. The molecule has 1 atom stereocenters. The Hall–Kier alpha value is -3.85. The molecule has 2 aliphatic heterocycles. The lowest BCUT2D eigenvalue weighted by atomic mass is 9.64. The van der Waals surface area contributed by atoms with Gasteiger partial charge in [0.05, 0.1) is 38.3 Å². The number of fused-ring (bicyclic) bond motifs is 1. The Morgan fingerprint density at radius 3 is 1.93 bits per heavy atom. The molecule has 2 heterocycles. The quantitative estimate of drug-likeness (QED) is 0.228. The SMILES string of the molecule is CN(CCN1CCC(C(C(N)=O)(c2ccccc2)c2ccccc2)C1)CC[N+](C)(C)CCCN1C(=O)c2ccccc2C1=O. The number of carbonyl (C=O) groups excluding carboxylic acids is 3. The molecule has 1 unspecified atom stereocenters. The van der Waals surface area contributed by atoms with E-state index in [1.807, 2.05) is 60.7 Å². The molecule has 0 aliphatic carbocycles. The van der Waals surface area contributed by atoms with E-state index >= 15 is 0 Å². The molecule has 0 spiro atoms. The van der Waals surface area contributed by atoms with E-state index in [1.165, 1.54) is 4.90 Å².